The summed E-state index contributed by atoms with van der Waals surface area (Å²) in [5.74, 6) is 0.731. The molecule has 3 aromatic carbocycles. The third-order valence-corrected chi connectivity index (χ3v) is 7.56. The fraction of sp³-hybridized carbons (Fsp3) is 0.259. The Kier molecular flexibility index (Phi) is 5.03. The van der Waals surface area contributed by atoms with Gasteiger partial charge in [-0.25, -0.2) is 9.37 Å². The van der Waals surface area contributed by atoms with Gasteiger partial charge in [-0.15, -0.1) is 11.3 Å². The average Bonchev–Trinajstić information content (AvgIpc) is 3.38. The lowest BCUT2D eigenvalue weighted by Crippen LogP contribution is -2.06. The van der Waals surface area contributed by atoms with Crippen LogP contribution in [0.4, 0.5) is 4.39 Å². The summed E-state index contributed by atoms with van der Waals surface area (Å²) in [5, 5.41) is 10.1. The van der Waals surface area contributed by atoms with Crippen LogP contribution in [-0.2, 0) is 11.2 Å². The third-order valence-electron chi connectivity index (χ3n) is 6.63. The van der Waals surface area contributed by atoms with E-state index >= 15 is 0 Å². The number of aliphatic carboxylic acids is 1. The van der Waals surface area contributed by atoms with Crippen molar-refractivity contribution < 1.29 is 23.8 Å². The Balaban J connectivity index is 1.21. The molecule has 0 aliphatic heterocycles. The van der Waals surface area contributed by atoms with E-state index in [9.17, 15) is 9.18 Å². The van der Waals surface area contributed by atoms with Crippen molar-refractivity contribution >= 4 is 27.5 Å². The summed E-state index contributed by atoms with van der Waals surface area (Å²) in [6, 6.07) is 16.4. The van der Waals surface area contributed by atoms with Crippen LogP contribution < -0.4 is 9.47 Å². The van der Waals surface area contributed by atoms with E-state index in [0.717, 1.165) is 26.4 Å². The van der Waals surface area contributed by atoms with E-state index in [4.69, 9.17) is 14.6 Å². The van der Waals surface area contributed by atoms with Crippen molar-refractivity contribution in [1.29, 1.82) is 0 Å². The molecule has 1 aromatic heterocycles. The number of fused-ring (bicyclic) bond motifs is 2. The molecule has 6 rings (SSSR count). The van der Waals surface area contributed by atoms with Gasteiger partial charge in [0.25, 0.3) is 0 Å². The molecular weight excluding hydrogens is 453 g/mol. The minimum absolute atomic E-state index is 0.0732. The molecule has 3 atom stereocenters. The SMILES string of the molecule is Cc1nc2ccc(Oc3ccc(F)c4c3CC[C@H]4Oc3ccc([C@H]4C[C@@H]4C(=O)O)cc3)cc2s1. The zero-order valence-electron chi connectivity index (χ0n) is 18.5. The number of carboxylic acid groups (broad SMARTS) is 1. The van der Waals surface area contributed by atoms with Gasteiger partial charge in [0, 0.05) is 17.2 Å². The van der Waals surface area contributed by atoms with Crippen molar-refractivity contribution in [2.75, 3.05) is 0 Å². The lowest BCUT2D eigenvalue weighted by atomic mass is 10.1. The minimum atomic E-state index is -0.747. The molecule has 0 spiro atoms. The van der Waals surface area contributed by atoms with E-state index in [1.54, 1.807) is 17.4 Å². The number of rotatable bonds is 6. The second-order valence-electron chi connectivity index (χ2n) is 8.90. The van der Waals surface area contributed by atoms with Gasteiger partial charge in [0.1, 0.15) is 29.2 Å². The van der Waals surface area contributed by atoms with Crippen LogP contribution in [0.25, 0.3) is 10.2 Å². The van der Waals surface area contributed by atoms with Crippen molar-refractivity contribution in [1.82, 2.24) is 4.98 Å². The summed E-state index contributed by atoms with van der Waals surface area (Å²) >= 11 is 1.61. The maximum Gasteiger partial charge on any atom is 0.307 e. The van der Waals surface area contributed by atoms with Gasteiger partial charge in [0.05, 0.1) is 21.1 Å². The van der Waals surface area contributed by atoms with Gasteiger partial charge in [-0.3, -0.25) is 4.79 Å². The van der Waals surface area contributed by atoms with E-state index in [1.807, 2.05) is 49.4 Å². The van der Waals surface area contributed by atoms with Gasteiger partial charge in [0.2, 0.25) is 0 Å². The standard InChI is InChI=1S/C27H22FNO4S/c1-14-29-22-9-6-17(12-25(22)34-14)33-23-11-8-21(28)26-18(23)7-10-24(26)32-16-4-2-15(3-5-16)19-13-20(19)27(30)31/h2-6,8-9,11-12,19-20,24H,7,10,13H2,1H3,(H,30,31)/t19-,20+,24-/m1/s1. The quantitative estimate of drug-likeness (QED) is 0.332. The van der Waals surface area contributed by atoms with Crippen LogP contribution in [0.5, 0.6) is 17.2 Å². The molecule has 2 aliphatic rings. The first kappa shape index (κ1) is 21.1. The first-order chi connectivity index (χ1) is 16.5. The number of benzene rings is 3. The Labute approximate surface area is 199 Å². The zero-order chi connectivity index (χ0) is 23.4. The van der Waals surface area contributed by atoms with Gasteiger partial charge in [-0.2, -0.15) is 0 Å². The molecular formula is C27H22FNO4S. The van der Waals surface area contributed by atoms with Crippen LogP contribution in [0.2, 0.25) is 0 Å². The molecule has 0 saturated heterocycles. The second kappa shape index (κ2) is 8.09. The van der Waals surface area contributed by atoms with E-state index in [-0.39, 0.29) is 17.7 Å². The van der Waals surface area contributed by atoms with Crippen LogP contribution in [0.1, 0.15) is 46.6 Å². The number of hydrogen-bond acceptors (Lipinski definition) is 5. The predicted octanol–water partition coefficient (Wildman–Crippen LogP) is 6.79. The Morgan fingerprint density at radius 3 is 2.68 bits per heavy atom. The predicted molar refractivity (Wildman–Crippen MR) is 127 cm³/mol. The van der Waals surface area contributed by atoms with Crippen molar-refractivity contribution in [3.63, 3.8) is 0 Å². The normalized spacial score (nSPS) is 20.8. The molecule has 1 heterocycles. The lowest BCUT2D eigenvalue weighted by Gasteiger charge is -2.17. The molecule has 0 radical (unpaired) electrons. The molecule has 1 saturated carbocycles. The summed E-state index contributed by atoms with van der Waals surface area (Å²) in [7, 11) is 0. The molecule has 0 bridgehead atoms. The number of ether oxygens (including phenoxy) is 2. The largest absolute Gasteiger partial charge is 0.486 e. The summed E-state index contributed by atoms with van der Waals surface area (Å²) < 4.78 is 28.3. The zero-order valence-corrected chi connectivity index (χ0v) is 19.3. The van der Waals surface area contributed by atoms with E-state index in [0.29, 0.717) is 42.1 Å². The van der Waals surface area contributed by atoms with E-state index in [1.165, 1.54) is 6.07 Å². The highest BCUT2D eigenvalue weighted by molar-refractivity contribution is 7.18. The van der Waals surface area contributed by atoms with Crippen molar-refractivity contribution in [2.24, 2.45) is 5.92 Å². The van der Waals surface area contributed by atoms with E-state index < -0.39 is 12.1 Å². The van der Waals surface area contributed by atoms with Crippen molar-refractivity contribution in [3.8, 4) is 17.2 Å². The first-order valence-electron chi connectivity index (χ1n) is 11.3. The highest BCUT2D eigenvalue weighted by atomic mass is 32.1. The van der Waals surface area contributed by atoms with Gasteiger partial charge in [0.15, 0.2) is 0 Å². The summed E-state index contributed by atoms with van der Waals surface area (Å²) in [4.78, 5) is 15.6. The van der Waals surface area contributed by atoms with Crippen LogP contribution in [0, 0.1) is 18.7 Å². The third kappa shape index (κ3) is 3.80. The van der Waals surface area contributed by atoms with Crippen molar-refractivity contribution in [2.45, 2.75) is 38.2 Å². The Morgan fingerprint density at radius 2 is 1.91 bits per heavy atom. The summed E-state index contributed by atoms with van der Waals surface area (Å²) in [6.07, 6.45) is 1.60. The molecule has 0 amide bonds. The monoisotopic (exact) mass is 475 g/mol. The fourth-order valence-electron chi connectivity index (χ4n) is 4.86. The number of carboxylic acids is 1. The second-order valence-corrected chi connectivity index (χ2v) is 10.1. The number of thiazole rings is 1. The lowest BCUT2D eigenvalue weighted by molar-refractivity contribution is -0.138. The highest BCUT2D eigenvalue weighted by Gasteiger charge is 2.44. The molecule has 7 heteroatoms. The first-order valence-corrected chi connectivity index (χ1v) is 12.1. The summed E-state index contributed by atoms with van der Waals surface area (Å²) in [5.41, 5.74) is 3.33. The Morgan fingerprint density at radius 1 is 1.12 bits per heavy atom. The van der Waals surface area contributed by atoms with Gasteiger partial charge < -0.3 is 14.6 Å². The Hall–Kier alpha value is -3.45. The molecule has 34 heavy (non-hydrogen) atoms. The van der Waals surface area contributed by atoms with Crippen molar-refractivity contribution in [3.05, 3.63) is 82.1 Å². The van der Waals surface area contributed by atoms with Crippen LogP contribution in [-0.4, -0.2) is 16.1 Å². The Bertz CT molecular complexity index is 1410. The van der Waals surface area contributed by atoms with Crippen LogP contribution in [0.3, 0.4) is 0 Å². The number of aromatic nitrogens is 1. The van der Waals surface area contributed by atoms with Gasteiger partial charge in [-0.1, -0.05) is 12.1 Å². The number of hydrogen-bond donors (Lipinski definition) is 1. The molecule has 4 aromatic rings. The molecule has 172 valence electrons. The summed E-state index contributed by atoms with van der Waals surface area (Å²) in [6.45, 7) is 1.98. The smallest absolute Gasteiger partial charge is 0.307 e. The fourth-order valence-corrected chi connectivity index (χ4v) is 5.72. The minimum Gasteiger partial charge on any atom is -0.486 e. The molecule has 0 unspecified atom stereocenters. The topological polar surface area (TPSA) is 68.7 Å². The molecule has 1 N–H and O–H groups in total. The van der Waals surface area contributed by atoms with Crippen LogP contribution >= 0.6 is 11.3 Å². The maximum atomic E-state index is 14.9. The average molecular weight is 476 g/mol. The number of carbonyl (C=O) groups is 1. The van der Waals surface area contributed by atoms with Crippen LogP contribution in [0.15, 0.2) is 54.6 Å². The number of nitrogens with zero attached hydrogens (tertiary/aromatic N) is 1. The number of halogens is 1. The van der Waals surface area contributed by atoms with Gasteiger partial charge in [-0.05, 0) is 74.1 Å². The molecule has 2 aliphatic carbocycles. The van der Waals surface area contributed by atoms with Gasteiger partial charge >= 0.3 is 5.97 Å². The highest BCUT2D eigenvalue weighted by Crippen LogP contribution is 2.48. The molecule has 5 nitrogen and oxygen atoms in total. The maximum absolute atomic E-state index is 14.9. The number of aryl methyl sites for hydroxylation is 1. The molecule has 1 fully saturated rings. The van der Waals surface area contributed by atoms with E-state index in [2.05, 4.69) is 4.98 Å².